The smallest absolute Gasteiger partial charge is 0.193 e. The second kappa shape index (κ2) is 9.63. The summed E-state index contributed by atoms with van der Waals surface area (Å²) >= 11 is 0. The summed E-state index contributed by atoms with van der Waals surface area (Å²) in [5, 5.41) is 3.14. The van der Waals surface area contributed by atoms with Crippen LogP contribution in [0.4, 0.5) is 5.69 Å². The topological polar surface area (TPSA) is 66.1 Å². The highest BCUT2D eigenvalue weighted by Gasteiger charge is 2.15. The maximum Gasteiger partial charge on any atom is 0.193 e. The number of guanidine groups is 1. The average molecular weight is 348 g/mol. The number of aliphatic imine (C=N–C) groups is 1. The summed E-state index contributed by atoms with van der Waals surface area (Å²) in [5.41, 5.74) is 6.93. The van der Waals surface area contributed by atoms with Gasteiger partial charge in [0.05, 0.1) is 6.10 Å². The SMILES string of the molecule is CC(CN=C(N)Nc1ccc(OC(C)C)cc1)CN1CCN(C)CC1. The third-order valence-corrected chi connectivity index (χ3v) is 4.24. The summed E-state index contributed by atoms with van der Waals surface area (Å²) in [5.74, 6) is 1.81. The van der Waals surface area contributed by atoms with Gasteiger partial charge in [-0.05, 0) is 51.1 Å². The molecule has 1 saturated heterocycles. The van der Waals surface area contributed by atoms with E-state index in [1.807, 2.05) is 38.1 Å². The van der Waals surface area contributed by atoms with Gasteiger partial charge in [0.2, 0.25) is 0 Å². The van der Waals surface area contributed by atoms with Crippen LogP contribution >= 0.6 is 0 Å². The van der Waals surface area contributed by atoms with Gasteiger partial charge in [-0.2, -0.15) is 0 Å². The van der Waals surface area contributed by atoms with Gasteiger partial charge in [-0.25, -0.2) is 0 Å². The zero-order valence-electron chi connectivity index (χ0n) is 16.0. The van der Waals surface area contributed by atoms with Gasteiger partial charge in [-0.3, -0.25) is 4.99 Å². The molecule has 1 aromatic carbocycles. The Balaban J connectivity index is 1.75. The van der Waals surface area contributed by atoms with Crippen LogP contribution in [0.15, 0.2) is 29.3 Å². The largest absolute Gasteiger partial charge is 0.491 e. The summed E-state index contributed by atoms with van der Waals surface area (Å²) in [6.45, 7) is 12.7. The van der Waals surface area contributed by atoms with Gasteiger partial charge < -0.3 is 25.6 Å². The minimum atomic E-state index is 0.173. The van der Waals surface area contributed by atoms with Gasteiger partial charge in [0.1, 0.15) is 5.75 Å². The fraction of sp³-hybridized carbons (Fsp3) is 0.632. The molecule has 1 aliphatic heterocycles. The molecule has 3 N–H and O–H groups in total. The predicted octanol–water partition coefficient (Wildman–Crippen LogP) is 2.08. The lowest BCUT2D eigenvalue weighted by Crippen LogP contribution is -2.46. The number of ether oxygens (including phenoxy) is 1. The summed E-state index contributed by atoms with van der Waals surface area (Å²) < 4.78 is 5.63. The summed E-state index contributed by atoms with van der Waals surface area (Å²) in [6.07, 6.45) is 0.173. The molecular weight excluding hydrogens is 314 g/mol. The van der Waals surface area contributed by atoms with Crippen molar-refractivity contribution < 1.29 is 4.74 Å². The number of hydrogen-bond donors (Lipinski definition) is 2. The Morgan fingerprint density at radius 1 is 1.16 bits per heavy atom. The number of benzene rings is 1. The van der Waals surface area contributed by atoms with Crippen LogP contribution in [0.5, 0.6) is 5.75 Å². The minimum absolute atomic E-state index is 0.173. The first-order valence-corrected chi connectivity index (χ1v) is 9.17. The molecule has 0 bridgehead atoms. The molecule has 6 heteroatoms. The van der Waals surface area contributed by atoms with E-state index in [0.29, 0.717) is 11.9 Å². The van der Waals surface area contributed by atoms with Crippen molar-refractivity contribution in [3.8, 4) is 5.75 Å². The third-order valence-electron chi connectivity index (χ3n) is 4.24. The standard InChI is InChI=1S/C19H33N5O/c1-15(2)25-18-7-5-17(6-8-18)22-19(20)21-13-16(3)14-24-11-9-23(4)10-12-24/h5-8,15-16H,9-14H2,1-4H3,(H3,20,21,22). The Morgan fingerprint density at radius 3 is 2.40 bits per heavy atom. The third kappa shape index (κ3) is 7.32. The van der Waals surface area contributed by atoms with E-state index in [1.165, 1.54) is 0 Å². The Morgan fingerprint density at radius 2 is 1.80 bits per heavy atom. The number of piperazine rings is 1. The Bertz CT molecular complexity index is 535. The fourth-order valence-corrected chi connectivity index (χ4v) is 2.86. The molecule has 0 aliphatic carbocycles. The quantitative estimate of drug-likeness (QED) is 0.584. The van der Waals surface area contributed by atoms with Crippen LogP contribution in [0.1, 0.15) is 20.8 Å². The first-order chi connectivity index (χ1) is 11.9. The van der Waals surface area contributed by atoms with Gasteiger partial charge in [0, 0.05) is 45.0 Å². The molecular formula is C19H33N5O. The van der Waals surface area contributed by atoms with E-state index in [9.17, 15) is 0 Å². The van der Waals surface area contributed by atoms with Crippen LogP contribution in [0.25, 0.3) is 0 Å². The van der Waals surface area contributed by atoms with Crippen molar-refractivity contribution in [1.82, 2.24) is 9.80 Å². The second-order valence-electron chi connectivity index (χ2n) is 7.25. The zero-order chi connectivity index (χ0) is 18.2. The van der Waals surface area contributed by atoms with Gasteiger partial charge in [0.15, 0.2) is 5.96 Å². The molecule has 140 valence electrons. The lowest BCUT2D eigenvalue weighted by atomic mass is 10.1. The van der Waals surface area contributed by atoms with Gasteiger partial charge in [-0.15, -0.1) is 0 Å². The molecule has 1 aromatic rings. The van der Waals surface area contributed by atoms with Crippen LogP contribution in [0.2, 0.25) is 0 Å². The predicted molar refractivity (Wildman–Crippen MR) is 105 cm³/mol. The number of likely N-dealkylation sites (N-methyl/N-ethyl adjacent to an activating group) is 1. The van der Waals surface area contributed by atoms with Crippen LogP contribution in [0.3, 0.4) is 0 Å². The van der Waals surface area contributed by atoms with Crippen LogP contribution in [-0.4, -0.2) is 68.2 Å². The van der Waals surface area contributed by atoms with E-state index in [-0.39, 0.29) is 6.10 Å². The Labute approximate surface area is 152 Å². The summed E-state index contributed by atoms with van der Waals surface area (Å²) in [6, 6.07) is 7.78. The van der Waals surface area contributed by atoms with Gasteiger partial charge in [-0.1, -0.05) is 6.92 Å². The highest BCUT2D eigenvalue weighted by molar-refractivity contribution is 5.92. The van der Waals surface area contributed by atoms with Crippen LogP contribution in [-0.2, 0) is 0 Å². The zero-order valence-corrected chi connectivity index (χ0v) is 16.0. The second-order valence-corrected chi connectivity index (χ2v) is 7.25. The lowest BCUT2D eigenvalue weighted by Gasteiger charge is -2.33. The van der Waals surface area contributed by atoms with Crippen LogP contribution in [0, 0.1) is 5.92 Å². The number of anilines is 1. The number of rotatable bonds is 7. The van der Waals surface area contributed by atoms with E-state index < -0.39 is 0 Å². The molecule has 1 fully saturated rings. The van der Waals surface area contributed by atoms with Crippen molar-refractivity contribution in [2.24, 2.45) is 16.6 Å². The Kier molecular flexibility index (Phi) is 7.52. The van der Waals surface area contributed by atoms with E-state index in [4.69, 9.17) is 10.5 Å². The van der Waals surface area contributed by atoms with Crippen molar-refractivity contribution in [2.75, 3.05) is 51.6 Å². The minimum Gasteiger partial charge on any atom is -0.491 e. The molecule has 0 amide bonds. The average Bonchev–Trinajstić information content (AvgIpc) is 2.56. The van der Waals surface area contributed by atoms with E-state index in [2.05, 4.69) is 34.1 Å². The van der Waals surface area contributed by atoms with Crippen LogP contribution < -0.4 is 15.8 Å². The first-order valence-electron chi connectivity index (χ1n) is 9.17. The molecule has 1 heterocycles. The van der Waals surface area contributed by atoms with E-state index in [0.717, 1.165) is 50.7 Å². The monoisotopic (exact) mass is 347 g/mol. The normalized spacial score (nSPS) is 18.4. The van der Waals surface area contributed by atoms with Gasteiger partial charge in [0.25, 0.3) is 0 Å². The molecule has 1 atom stereocenters. The highest BCUT2D eigenvalue weighted by atomic mass is 16.5. The van der Waals surface area contributed by atoms with Gasteiger partial charge >= 0.3 is 0 Å². The molecule has 0 aromatic heterocycles. The van der Waals surface area contributed by atoms with Crippen molar-refractivity contribution in [3.05, 3.63) is 24.3 Å². The van der Waals surface area contributed by atoms with Crippen molar-refractivity contribution in [3.63, 3.8) is 0 Å². The summed E-state index contributed by atoms with van der Waals surface area (Å²) in [7, 11) is 2.18. The maximum absolute atomic E-state index is 6.01. The van der Waals surface area contributed by atoms with Crippen molar-refractivity contribution >= 4 is 11.6 Å². The maximum atomic E-state index is 6.01. The van der Waals surface area contributed by atoms with Crippen molar-refractivity contribution in [2.45, 2.75) is 26.9 Å². The Hall–Kier alpha value is -1.79. The molecule has 1 aliphatic rings. The number of nitrogens with zero attached hydrogens (tertiary/aromatic N) is 3. The number of nitrogens with one attached hydrogen (secondary N) is 1. The molecule has 0 spiro atoms. The lowest BCUT2D eigenvalue weighted by molar-refractivity contribution is 0.140. The van der Waals surface area contributed by atoms with E-state index >= 15 is 0 Å². The number of nitrogens with two attached hydrogens (primary N) is 1. The highest BCUT2D eigenvalue weighted by Crippen LogP contribution is 2.16. The molecule has 25 heavy (non-hydrogen) atoms. The molecule has 0 saturated carbocycles. The fourth-order valence-electron chi connectivity index (χ4n) is 2.86. The molecule has 6 nitrogen and oxygen atoms in total. The first kappa shape index (κ1) is 19.5. The summed E-state index contributed by atoms with van der Waals surface area (Å²) in [4.78, 5) is 9.37. The molecule has 0 radical (unpaired) electrons. The van der Waals surface area contributed by atoms with Crippen molar-refractivity contribution in [1.29, 1.82) is 0 Å². The molecule has 1 unspecified atom stereocenters. The number of hydrogen-bond acceptors (Lipinski definition) is 4. The molecule has 2 rings (SSSR count). The van der Waals surface area contributed by atoms with E-state index in [1.54, 1.807) is 0 Å².